The molecule has 0 aromatic rings. The summed E-state index contributed by atoms with van der Waals surface area (Å²) in [6.07, 6.45) is 1.35. The Labute approximate surface area is 94.5 Å². The summed E-state index contributed by atoms with van der Waals surface area (Å²) in [5.41, 5.74) is 0. The van der Waals surface area contributed by atoms with Crippen molar-refractivity contribution in [2.75, 3.05) is 40.3 Å². The van der Waals surface area contributed by atoms with E-state index in [0.717, 1.165) is 12.1 Å². The van der Waals surface area contributed by atoms with Gasteiger partial charge in [0.2, 0.25) is 0 Å². The van der Waals surface area contributed by atoms with Crippen LogP contribution >= 0.6 is 22.9 Å². The summed E-state index contributed by atoms with van der Waals surface area (Å²) in [6.45, 7) is 5.11. The summed E-state index contributed by atoms with van der Waals surface area (Å²) in [5, 5.41) is 0. The summed E-state index contributed by atoms with van der Waals surface area (Å²) >= 11 is 2.41. The van der Waals surface area contributed by atoms with Gasteiger partial charge in [0, 0.05) is 61.1 Å². The first kappa shape index (κ1) is 10.1. The van der Waals surface area contributed by atoms with Gasteiger partial charge in [-0.05, 0) is 20.5 Å². The third kappa shape index (κ3) is 2.16. The number of hydrogen-bond acceptors (Lipinski definition) is 3. The minimum atomic E-state index is 0.795. The van der Waals surface area contributed by atoms with Crippen molar-refractivity contribution in [1.29, 1.82) is 0 Å². The van der Waals surface area contributed by atoms with Crippen molar-refractivity contribution >= 4 is 22.9 Å². The van der Waals surface area contributed by atoms with E-state index in [1.807, 2.05) is 0 Å². The van der Waals surface area contributed by atoms with Crippen molar-refractivity contribution in [2.24, 2.45) is 0 Å². The lowest BCUT2D eigenvalue weighted by Gasteiger charge is -2.40. The van der Waals surface area contributed by atoms with Crippen LogP contribution in [-0.2, 0) is 0 Å². The zero-order valence-corrected chi connectivity index (χ0v) is 10.6. The van der Waals surface area contributed by atoms with Crippen LogP contribution in [-0.4, -0.2) is 65.3 Å². The molecule has 0 aliphatic carbocycles. The maximum Gasteiger partial charge on any atom is 0.0367 e. The van der Waals surface area contributed by atoms with Crippen LogP contribution in [0.2, 0.25) is 0 Å². The molecule has 0 amide bonds. The molecule has 4 heteroatoms. The highest BCUT2D eigenvalue weighted by Gasteiger charge is 2.35. The van der Waals surface area contributed by atoms with Crippen LogP contribution in [0.3, 0.4) is 0 Å². The number of nitrogens with zero attached hydrogens (tertiary/aromatic N) is 3. The highest BCUT2D eigenvalue weighted by Crippen LogP contribution is 2.23. The normalized spacial score (nSPS) is 32.8. The van der Waals surface area contributed by atoms with E-state index in [9.17, 15) is 0 Å². The third-order valence-electron chi connectivity index (χ3n) is 3.26. The predicted molar refractivity (Wildman–Crippen MR) is 63.0 cm³/mol. The molecule has 0 bridgehead atoms. The van der Waals surface area contributed by atoms with Crippen LogP contribution < -0.4 is 0 Å². The molecule has 2 heterocycles. The van der Waals surface area contributed by atoms with E-state index in [-0.39, 0.29) is 0 Å². The van der Waals surface area contributed by atoms with Crippen LogP contribution in [0.4, 0.5) is 0 Å². The van der Waals surface area contributed by atoms with E-state index in [4.69, 9.17) is 0 Å². The number of halogens is 1. The zero-order chi connectivity index (χ0) is 9.42. The second kappa shape index (κ2) is 4.00. The Hall–Kier alpha value is 0.610. The first-order valence-electron chi connectivity index (χ1n) is 4.98. The maximum atomic E-state index is 2.65. The molecule has 2 rings (SSSR count). The topological polar surface area (TPSA) is 9.72 Å². The molecular weight excluding hydrogens is 277 g/mol. The Morgan fingerprint density at radius 1 is 1.23 bits per heavy atom. The summed E-state index contributed by atoms with van der Waals surface area (Å²) < 4.78 is 2.37. The standard InChI is InChI=1S/C9H18IN3/c1-11(2)8-3-4-12(5-8)9-6-13(10)7-9/h8-9H,3-7H2,1-2H3. The number of likely N-dealkylation sites (N-methyl/N-ethyl adjacent to an activating group) is 1. The molecule has 2 aliphatic heterocycles. The fourth-order valence-electron chi connectivity index (χ4n) is 2.16. The van der Waals surface area contributed by atoms with Gasteiger partial charge in [0.05, 0.1) is 0 Å². The van der Waals surface area contributed by atoms with Gasteiger partial charge in [0.25, 0.3) is 0 Å². The van der Waals surface area contributed by atoms with Crippen molar-refractivity contribution in [2.45, 2.75) is 18.5 Å². The van der Waals surface area contributed by atoms with E-state index in [2.05, 4.69) is 49.9 Å². The average molecular weight is 295 g/mol. The maximum absolute atomic E-state index is 2.65. The molecule has 2 saturated heterocycles. The van der Waals surface area contributed by atoms with Gasteiger partial charge in [-0.25, -0.2) is 3.11 Å². The van der Waals surface area contributed by atoms with E-state index in [1.54, 1.807) is 0 Å². The summed E-state index contributed by atoms with van der Waals surface area (Å²) in [4.78, 5) is 5.01. The number of rotatable bonds is 2. The minimum absolute atomic E-state index is 0.795. The average Bonchev–Trinajstić information content (AvgIpc) is 2.46. The van der Waals surface area contributed by atoms with E-state index < -0.39 is 0 Å². The van der Waals surface area contributed by atoms with Gasteiger partial charge in [-0.15, -0.1) is 0 Å². The molecule has 0 radical (unpaired) electrons. The fourth-order valence-corrected chi connectivity index (χ4v) is 3.07. The van der Waals surface area contributed by atoms with E-state index in [1.165, 1.54) is 32.6 Å². The molecule has 76 valence electrons. The molecule has 13 heavy (non-hydrogen) atoms. The lowest BCUT2D eigenvalue weighted by molar-refractivity contribution is 0.122. The Balaban J connectivity index is 1.78. The first-order valence-corrected chi connectivity index (χ1v) is 5.94. The van der Waals surface area contributed by atoms with Gasteiger partial charge in [-0.1, -0.05) is 0 Å². The van der Waals surface area contributed by atoms with Gasteiger partial charge in [-0.2, -0.15) is 0 Å². The number of likely N-dealkylation sites (tertiary alicyclic amines) is 1. The fraction of sp³-hybridized carbons (Fsp3) is 1.00. The quantitative estimate of drug-likeness (QED) is 0.547. The van der Waals surface area contributed by atoms with Crippen molar-refractivity contribution in [1.82, 2.24) is 12.9 Å². The van der Waals surface area contributed by atoms with Gasteiger partial charge in [-0.3, -0.25) is 4.90 Å². The molecule has 0 saturated carbocycles. The number of hydrogen-bond donors (Lipinski definition) is 0. The highest BCUT2D eigenvalue weighted by atomic mass is 127. The first-order chi connectivity index (χ1) is 6.16. The van der Waals surface area contributed by atoms with Crippen molar-refractivity contribution in [3.63, 3.8) is 0 Å². The summed E-state index contributed by atoms with van der Waals surface area (Å²) in [6, 6.07) is 1.64. The lowest BCUT2D eigenvalue weighted by Crippen LogP contribution is -2.55. The molecule has 1 atom stereocenters. The zero-order valence-electron chi connectivity index (χ0n) is 8.41. The Morgan fingerprint density at radius 2 is 1.92 bits per heavy atom. The smallest absolute Gasteiger partial charge is 0.0367 e. The van der Waals surface area contributed by atoms with Crippen molar-refractivity contribution in [3.8, 4) is 0 Å². The van der Waals surface area contributed by atoms with Gasteiger partial charge in [0.15, 0.2) is 0 Å². The molecule has 0 spiro atoms. The lowest BCUT2D eigenvalue weighted by atomic mass is 10.1. The molecule has 2 fully saturated rings. The SMILES string of the molecule is CN(C)C1CCN(C2CN(I)C2)C1. The van der Waals surface area contributed by atoms with Crippen LogP contribution in [0.15, 0.2) is 0 Å². The molecule has 2 aliphatic rings. The van der Waals surface area contributed by atoms with Gasteiger partial charge >= 0.3 is 0 Å². The molecule has 1 unspecified atom stereocenters. The van der Waals surface area contributed by atoms with E-state index >= 15 is 0 Å². The molecule has 0 aromatic carbocycles. The van der Waals surface area contributed by atoms with Gasteiger partial charge in [0.1, 0.15) is 0 Å². The largest absolute Gasteiger partial charge is 0.305 e. The van der Waals surface area contributed by atoms with Gasteiger partial charge < -0.3 is 4.90 Å². The molecule has 3 nitrogen and oxygen atoms in total. The second-order valence-electron chi connectivity index (χ2n) is 4.38. The minimum Gasteiger partial charge on any atom is -0.305 e. The second-order valence-corrected chi connectivity index (χ2v) is 5.75. The Bertz CT molecular complexity index is 180. The van der Waals surface area contributed by atoms with Crippen LogP contribution in [0, 0.1) is 0 Å². The van der Waals surface area contributed by atoms with Crippen molar-refractivity contribution in [3.05, 3.63) is 0 Å². The van der Waals surface area contributed by atoms with E-state index in [0.29, 0.717) is 0 Å². The Morgan fingerprint density at radius 3 is 2.38 bits per heavy atom. The highest BCUT2D eigenvalue weighted by molar-refractivity contribution is 14.1. The van der Waals surface area contributed by atoms with Crippen LogP contribution in [0.1, 0.15) is 6.42 Å². The van der Waals surface area contributed by atoms with Crippen LogP contribution in [0.25, 0.3) is 0 Å². The molecule has 0 aromatic heterocycles. The predicted octanol–water partition coefficient (Wildman–Crippen LogP) is 0.656. The molecule has 0 N–H and O–H groups in total. The van der Waals surface area contributed by atoms with Crippen LogP contribution in [0.5, 0.6) is 0 Å². The third-order valence-corrected chi connectivity index (χ3v) is 4.05. The molecular formula is C9H18IN3. The van der Waals surface area contributed by atoms with Crippen molar-refractivity contribution < 1.29 is 0 Å². The monoisotopic (exact) mass is 295 g/mol. The Kier molecular flexibility index (Phi) is 3.12. The summed E-state index contributed by atoms with van der Waals surface area (Å²) in [7, 11) is 4.39. The summed E-state index contributed by atoms with van der Waals surface area (Å²) in [5.74, 6) is 0.